The Morgan fingerprint density at radius 3 is 2.78 bits per heavy atom. The van der Waals surface area contributed by atoms with Crippen LogP contribution in [0.1, 0.15) is 56.5 Å². The highest BCUT2D eigenvalue weighted by molar-refractivity contribution is 6.05. The fourth-order valence-electron chi connectivity index (χ4n) is 3.78. The molecule has 2 N–H and O–H groups in total. The first kappa shape index (κ1) is 27.2. The van der Waals surface area contributed by atoms with Crippen LogP contribution in [0.3, 0.4) is 0 Å². The van der Waals surface area contributed by atoms with E-state index < -0.39 is 11.7 Å². The molecule has 10 nitrogen and oxygen atoms in total. The molecule has 1 aromatic heterocycles. The SMILES string of the molecule is COC[C@H](C)Nc1nccc(N(CCCCNC(=O)OC(C)(C)C)C(=O)c2ccc3c(c2)CCO3)n1. The Morgan fingerprint density at radius 2 is 2.03 bits per heavy atom. The van der Waals surface area contributed by atoms with Gasteiger partial charge in [0.05, 0.1) is 13.2 Å². The van der Waals surface area contributed by atoms with Gasteiger partial charge in [0, 0.05) is 44.4 Å². The molecule has 0 unspecified atom stereocenters. The number of carbonyl (C=O) groups is 2. The first-order valence-electron chi connectivity index (χ1n) is 12.3. The third-order valence-electron chi connectivity index (χ3n) is 5.37. The van der Waals surface area contributed by atoms with Crippen molar-refractivity contribution in [2.45, 2.75) is 58.6 Å². The van der Waals surface area contributed by atoms with Gasteiger partial charge in [-0.3, -0.25) is 9.69 Å². The van der Waals surface area contributed by atoms with E-state index in [0.717, 1.165) is 17.7 Å². The van der Waals surface area contributed by atoms with Gasteiger partial charge in [0.1, 0.15) is 17.2 Å². The molecule has 2 aromatic rings. The predicted octanol–water partition coefficient (Wildman–Crippen LogP) is 3.81. The van der Waals surface area contributed by atoms with E-state index in [0.29, 0.717) is 56.5 Å². The lowest BCUT2D eigenvalue weighted by molar-refractivity contribution is 0.0526. The van der Waals surface area contributed by atoms with Crippen LogP contribution in [-0.2, 0) is 15.9 Å². The standard InChI is InChI=1S/C26H37N5O5/c1-18(17-34-5)29-24-27-13-10-22(30-24)31(14-7-6-12-28-25(33)36-26(2,3)4)23(32)20-8-9-21-19(16-20)11-15-35-21/h8-10,13,16,18H,6-7,11-12,14-15,17H2,1-5H3,(H,28,33)(H,27,29,30)/t18-/m0/s1. The molecule has 2 amide bonds. The van der Waals surface area contributed by atoms with Crippen LogP contribution in [0.2, 0.25) is 0 Å². The zero-order chi connectivity index (χ0) is 26.1. The van der Waals surface area contributed by atoms with Crippen molar-refractivity contribution in [2.75, 3.05) is 43.6 Å². The fraction of sp³-hybridized carbons (Fsp3) is 0.538. The molecule has 1 atom stereocenters. The summed E-state index contributed by atoms with van der Waals surface area (Å²) in [4.78, 5) is 36.0. The lowest BCUT2D eigenvalue weighted by Crippen LogP contribution is -2.35. The van der Waals surface area contributed by atoms with Crippen molar-refractivity contribution in [3.8, 4) is 5.75 Å². The molecular formula is C26H37N5O5. The molecule has 196 valence electrons. The smallest absolute Gasteiger partial charge is 0.407 e. The molecule has 1 aliphatic heterocycles. The van der Waals surface area contributed by atoms with Gasteiger partial charge < -0.3 is 24.8 Å². The van der Waals surface area contributed by atoms with Gasteiger partial charge >= 0.3 is 6.09 Å². The van der Waals surface area contributed by atoms with Crippen LogP contribution < -0.4 is 20.3 Å². The molecule has 0 radical (unpaired) electrons. The van der Waals surface area contributed by atoms with Gasteiger partial charge in [0.25, 0.3) is 5.91 Å². The first-order chi connectivity index (χ1) is 17.2. The zero-order valence-electron chi connectivity index (χ0n) is 21.8. The van der Waals surface area contributed by atoms with E-state index in [1.54, 1.807) is 30.3 Å². The Labute approximate surface area is 212 Å². The van der Waals surface area contributed by atoms with Gasteiger partial charge in [0.2, 0.25) is 5.95 Å². The van der Waals surface area contributed by atoms with Crippen LogP contribution in [0.5, 0.6) is 5.75 Å². The highest BCUT2D eigenvalue weighted by atomic mass is 16.6. The molecule has 0 bridgehead atoms. The molecule has 36 heavy (non-hydrogen) atoms. The van der Waals surface area contributed by atoms with E-state index in [2.05, 4.69) is 20.6 Å². The Balaban J connectivity index is 1.71. The quantitative estimate of drug-likeness (QED) is 0.449. The van der Waals surface area contributed by atoms with Gasteiger partial charge in [-0.25, -0.2) is 9.78 Å². The van der Waals surface area contributed by atoms with Crippen LogP contribution in [-0.4, -0.2) is 67.0 Å². The highest BCUT2D eigenvalue weighted by Gasteiger charge is 2.22. The Kier molecular flexibility index (Phi) is 9.46. The second-order valence-corrected chi connectivity index (χ2v) is 9.75. The number of nitrogens with one attached hydrogen (secondary N) is 2. The monoisotopic (exact) mass is 499 g/mol. The molecule has 0 aliphatic carbocycles. The van der Waals surface area contributed by atoms with E-state index in [9.17, 15) is 9.59 Å². The van der Waals surface area contributed by atoms with Gasteiger partial charge in [0.15, 0.2) is 0 Å². The molecule has 0 spiro atoms. The Bertz CT molecular complexity index is 1040. The molecule has 1 aliphatic rings. The first-order valence-corrected chi connectivity index (χ1v) is 12.3. The van der Waals surface area contributed by atoms with Crippen molar-refractivity contribution in [3.05, 3.63) is 41.6 Å². The van der Waals surface area contributed by atoms with Gasteiger partial charge in [-0.15, -0.1) is 0 Å². The van der Waals surface area contributed by atoms with Crippen LogP contribution in [0.4, 0.5) is 16.6 Å². The van der Waals surface area contributed by atoms with Crippen molar-refractivity contribution in [1.82, 2.24) is 15.3 Å². The summed E-state index contributed by atoms with van der Waals surface area (Å²) >= 11 is 0. The lowest BCUT2D eigenvalue weighted by atomic mass is 10.1. The largest absolute Gasteiger partial charge is 0.493 e. The predicted molar refractivity (Wildman–Crippen MR) is 138 cm³/mol. The zero-order valence-corrected chi connectivity index (χ0v) is 21.8. The third-order valence-corrected chi connectivity index (χ3v) is 5.37. The number of unbranched alkanes of at least 4 members (excludes halogenated alkanes) is 1. The molecule has 10 heteroatoms. The van der Waals surface area contributed by atoms with Crippen LogP contribution in [0.15, 0.2) is 30.5 Å². The lowest BCUT2D eigenvalue weighted by Gasteiger charge is -2.23. The van der Waals surface area contributed by atoms with Gasteiger partial charge in [-0.05, 0) is 70.4 Å². The molecule has 0 saturated heterocycles. The number of methoxy groups -OCH3 is 1. The Hall–Kier alpha value is -3.40. The second-order valence-electron chi connectivity index (χ2n) is 9.75. The molecule has 0 fully saturated rings. The van der Waals surface area contributed by atoms with E-state index in [1.165, 1.54) is 0 Å². The average Bonchev–Trinajstić information content (AvgIpc) is 3.28. The van der Waals surface area contributed by atoms with Crippen LogP contribution >= 0.6 is 0 Å². The van der Waals surface area contributed by atoms with Crippen molar-refractivity contribution in [2.24, 2.45) is 0 Å². The summed E-state index contributed by atoms with van der Waals surface area (Å²) in [5.41, 5.74) is 1.06. The topological polar surface area (TPSA) is 115 Å². The van der Waals surface area contributed by atoms with Crippen molar-refractivity contribution < 1.29 is 23.8 Å². The normalized spacial score (nSPS) is 13.4. The molecule has 0 saturated carbocycles. The number of rotatable bonds is 11. The number of nitrogens with zero attached hydrogens (tertiary/aromatic N) is 3. The van der Waals surface area contributed by atoms with Crippen molar-refractivity contribution in [3.63, 3.8) is 0 Å². The number of hydrogen-bond donors (Lipinski definition) is 2. The average molecular weight is 500 g/mol. The number of anilines is 2. The van der Waals surface area contributed by atoms with E-state index in [-0.39, 0.29) is 11.9 Å². The number of fused-ring (bicyclic) bond motifs is 1. The van der Waals surface area contributed by atoms with Crippen LogP contribution in [0.25, 0.3) is 0 Å². The van der Waals surface area contributed by atoms with E-state index in [1.807, 2.05) is 39.8 Å². The van der Waals surface area contributed by atoms with Gasteiger partial charge in [-0.1, -0.05) is 0 Å². The summed E-state index contributed by atoms with van der Waals surface area (Å²) in [5.74, 6) is 1.59. The number of benzene rings is 1. The van der Waals surface area contributed by atoms with E-state index >= 15 is 0 Å². The van der Waals surface area contributed by atoms with Gasteiger partial charge in [-0.2, -0.15) is 4.98 Å². The number of carbonyl (C=O) groups excluding carboxylic acids is 2. The maximum atomic E-state index is 13.6. The summed E-state index contributed by atoms with van der Waals surface area (Å²) in [7, 11) is 1.63. The summed E-state index contributed by atoms with van der Waals surface area (Å²) in [5, 5.41) is 5.95. The summed E-state index contributed by atoms with van der Waals surface area (Å²) < 4.78 is 16.0. The number of ether oxygens (including phenoxy) is 3. The number of hydrogen-bond acceptors (Lipinski definition) is 8. The number of aromatic nitrogens is 2. The molecule has 2 heterocycles. The maximum absolute atomic E-state index is 13.6. The minimum atomic E-state index is -0.548. The van der Waals surface area contributed by atoms with E-state index in [4.69, 9.17) is 14.2 Å². The molecule has 1 aromatic carbocycles. The second kappa shape index (κ2) is 12.5. The van der Waals surface area contributed by atoms with Crippen molar-refractivity contribution >= 4 is 23.8 Å². The number of alkyl carbamates (subject to hydrolysis) is 1. The maximum Gasteiger partial charge on any atom is 0.407 e. The van der Waals surface area contributed by atoms with Crippen molar-refractivity contribution in [1.29, 1.82) is 0 Å². The summed E-state index contributed by atoms with van der Waals surface area (Å²) in [6.07, 6.45) is 3.29. The Morgan fingerprint density at radius 1 is 1.22 bits per heavy atom. The highest BCUT2D eigenvalue weighted by Crippen LogP contribution is 2.27. The molecule has 3 rings (SSSR count). The van der Waals surface area contributed by atoms with Crippen LogP contribution in [0, 0.1) is 0 Å². The number of amides is 2. The summed E-state index contributed by atoms with van der Waals surface area (Å²) in [6.45, 7) is 9.42. The fourth-order valence-corrected chi connectivity index (χ4v) is 3.78. The minimum Gasteiger partial charge on any atom is -0.493 e. The summed E-state index contributed by atoms with van der Waals surface area (Å²) in [6, 6.07) is 7.25. The molecular weight excluding hydrogens is 462 g/mol. The third kappa shape index (κ3) is 8.08. The minimum absolute atomic E-state index is 0.00467.